The van der Waals surface area contributed by atoms with Crippen LogP contribution in [0.3, 0.4) is 0 Å². The fraction of sp³-hybridized carbons (Fsp3) is 0.154. The van der Waals surface area contributed by atoms with E-state index in [0.29, 0.717) is 28.9 Å². The molecule has 0 aliphatic carbocycles. The van der Waals surface area contributed by atoms with Crippen LogP contribution >= 0.6 is 0 Å². The van der Waals surface area contributed by atoms with Crippen molar-refractivity contribution in [3.63, 3.8) is 0 Å². The van der Waals surface area contributed by atoms with E-state index in [9.17, 15) is 14.7 Å². The van der Waals surface area contributed by atoms with Gasteiger partial charge in [0.05, 0.1) is 25.0 Å². The van der Waals surface area contributed by atoms with Crippen LogP contribution in [-0.2, 0) is 16.0 Å². The molecule has 7 nitrogen and oxygen atoms in total. The monoisotopic (exact) mass is 444 g/mol. The van der Waals surface area contributed by atoms with Gasteiger partial charge >= 0.3 is 5.97 Å². The Morgan fingerprint density at radius 1 is 1.00 bits per heavy atom. The summed E-state index contributed by atoms with van der Waals surface area (Å²) in [6.07, 6.45) is 0.563. The quantitative estimate of drug-likeness (QED) is 0.197. The molecule has 3 aromatic rings. The van der Waals surface area contributed by atoms with Gasteiger partial charge < -0.3 is 14.6 Å². The summed E-state index contributed by atoms with van der Waals surface area (Å²) >= 11 is 0. The van der Waals surface area contributed by atoms with Crippen molar-refractivity contribution in [2.75, 3.05) is 13.7 Å². The van der Waals surface area contributed by atoms with Crippen molar-refractivity contribution < 1.29 is 24.2 Å². The molecular weight excluding hydrogens is 420 g/mol. The van der Waals surface area contributed by atoms with E-state index in [1.807, 2.05) is 18.2 Å². The zero-order valence-corrected chi connectivity index (χ0v) is 18.4. The number of methoxy groups -OCH3 is 1. The molecule has 1 N–H and O–H groups in total. The van der Waals surface area contributed by atoms with Gasteiger partial charge in [-0.2, -0.15) is 5.11 Å². The highest BCUT2D eigenvalue weighted by Crippen LogP contribution is 2.36. The lowest BCUT2D eigenvalue weighted by molar-refractivity contribution is -0.138. The van der Waals surface area contributed by atoms with E-state index in [4.69, 9.17) is 9.47 Å². The Balaban J connectivity index is 1.75. The number of rotatable bonds is 9. The van der Waals surface area contributed by atoms with Crippen molar-refractivity contribution in [2.24, 2.45) is 10.2 Å². The van der Waals surface area contributed by atoms with Crippen molar-refractivity contribution >= 4 is 23.1 Å². The number of azo groups is 1. The topological polar surface area (TPSA) is 97.6 Å². The number of phenolic OH excluding ortho intramolecular Hbond substituents is 1. The van der Waals surface area contributed by atoms with Crippen LogP contribution in [0, 0.1) is 0 Å². The van der Waals surface area contributed by atoms with Crippen molar-refractivity contribution in [2.45, 2.75) is 13.3 Å². The predicted molar refractivity (Wildman–Crippen MR) is 125 cm³/mol. The minimum atomic E-state index is -0.409. The third-order valence-electron chi connectivity index (χ3n) is 4.76. The molecule has 0 bridgehead atoms. The van der Waals surface area contributed by atoms with Crippen LogP contribution in [0.2, 0.25) is 0 Å². The second kappa shape index (κ2) is 10.9. The summed E-state index contributed by atoms with van der Waals surface area (Å²) in [4.78, 5) is 24.2. The maximum atomic E-state index is 12.8. The second-order valence-electron chi connectivity index (χ2n) is 7.27. The number of hydrogen-bond acceptors (Lipinski definition) is 7. The Hall–Kier alpha value is -4.26. The van der Waals surface area contributed by atoms with E-state index in [2.05, 4.69) is 16.8 Å². The Morgan fingerprint density at radius 2 is 1.70 bits per heavy atom. The SMILES string of the molecule is C=C(C)C(=O)OCCc1ccc(N=Nc2cc(C(=O)c3ccccc3)c(O)cc2OC)cc1. The number of phenols is 1. The largest absolute Gasteiger partial charge is 0.507 e. The number of ether oxygens (including phenoxy) is 2. The van der Waals surface area contributed by atoms with Gasteiger partial charge in [-0.05, 0) is 30.7 Å². The van der Waals surface area contributed by atoms with E-state index in [1.165, 1.54) is 19.2 Å². The molecule has 0 radical (unpaired) electrons. The first-order valence-electron chi connectivity index (χ1n) is 10.2. The van der Waals surface area contributed by atoms with E-state index in [0.717, 1.165) is 5.56 Å². The van der Waals surface area contributed by atoms with Crippen LogP contribution in [0.1, 0.15) is 28.4 Å². The number of hydrogen-bond donors (Lipinski definition) is 1. The summed E-state index contributed by atoms with van der Waals surface area (Å²) in [7, 11) is 1.45. The van der Waals surface area contributed by atoms with Gasteiger partial charge in [-0.25, -0.2) is 4.79 Å². The fourth-order valence-corrected chi connectivity index (χ4v) is 2.95. The highest BCUT2D eigenvalue weighted by molar-refractivity contribution is 6.11. The minimum absolute atomic E-state index is 0.107. The molecule has 0 heterocycles. The number of carbonyl (C=O) groups excluding carboxylic acids is 2. The number of ketones is 1. The molecule has 3 rings (SSSR count). The maximum Gasteiger partial charge on any atom is 0.333 e. The van der Waals surface area contributed by atoms with Crippen LogP contribution in [0.5, 0.6) is 11.5 Å². The van der Waals surface area contributed by atoms with Crippen LogP contribution in [-0.4, -0.2) is 30.6 Å². The second-order valence-corrected chi connectivity index (χ2v) is 7.27. The van der Waals surface area contributed by atoms with Gasteiger partial charge in [0, 0.05) is 23.6 Å². The fourth-order valence-electron chi connectivity index (χ4n) is 2.95. The third-order valence-corrected chi connectivity index (χ3v) is 4.76. The maximum absolute atomic E-state index is 12.8. The number of aromatic hydroxyl groups is 1. The summed E-state index contributed by atoms with van der Waals surface area (Å²) in [5.74, 6) is -0.648. The summed E-state index contributed by atoms with van der Waals surface area (Å²) in [5, 5.41) is 18.8. The first-order chi connectivity index (χ1) is 15.9. The lowest BCUT2D eigenvalue weighted by atomic mass is 10.0. The van der Waals surface area contributed by atoms with E-state index < -0.39 is 5.97 Å². The Labute approximate surface area is 192 Å². The third kappa shape index (κ3) is 6.13. The van der Waals surface area contributed by atoms with Crippen LogP contribution in [0.4, 0.5) is 11.4 Å². The average molecular weight is 444 g/mol. The van der Waals surface area contributed by atoms with Gasteiger partial charge in [-0.3, -0.25) is 4.79 Å². The van der Waals surface area contributed by atoms with Gasteiger partial charge in [0.15, 0.2) is 5.78 Å². The molecule has 0 fully saturated rings. The smallest absolute Gasteiger partial charge is 0.333 e. The number of nitrogens with zero attached hydrogens (tertiary/aromatic N) is 2. The summed E-state index contributed by atoms with van der Waals surface area (Å²) in [5.41, 5.74) is 2.79. The number of carbonyl (C=O) groups is 2. The Bertz CT molecular complexity index is 1190. The minimum Gasteiger partial charge on any atom is -0.507 e. The molecule has 168 valence electrons. The lowest BCUT2D eigenvalue weighted by Gasteiger charge is -2.09. The highest BCUT2D eigenvalue weighted by Gasteiger charge is 2.17. The molecule has 0 unspecified atom stereocenters. The van der Waals surface area contributed by atoms with Gasteiger partial charge in [-0.15, -0.1) is 5.11 Å². The molecule has 0 aromatic heterocycles. The number of esters is 1. The van der Waals surface area contributed by atoms with Crippen LogP contribution < -0.4 is 4.74 Å². The van der Waals surface area contributed by atoms with E-state index in [-0.39, 0.29) is 29.5 Å². The summed E-state index contributed by atoms with van der Waals surface area (Å²) < 4.78 is 10.4. The van der Waals surface area contributed by atoms with Gasteiger partial charge in [-0.1, -0.05) is 49.0 Å². The molecular formula is C26H24N2O5. The Morgan fingerprint density at radius 3 is 2.33 bits per heavy atom. The average Bonchev–Trinajstić information content (AvgIpc) is 2.83. The first kappa shape index (κ1) is 23.4. The van der Waals surface area contributed by atoms with Crippen LogP contribution in [0.25, 0.3) is 0 Å². The van der Waals surface area contributed by atoms with Crippen LogP contribution in [0.15, 0.2) is 89.1 Å². The molecule has 3 aromatic carbocycles. The van der Waals surface area contributed by atoms with Crippen molar-refractivity contribution in [1.29, 1.82) is 0 Å². The van der Waals surface area contributed by atoms with Crippen molar-refractivity contribution in [3.8, 4) is 11.5 Å². The zero-order chi connectivity index (χ0) is 23.8. The standard InChI is InChI=1S/C26H24N2O5/c1-17(2)26(31)33-14-13-18-9-11-20(12-10-18)27-28-22-15-21(23(29)16-24(22)32-3)25(30)19-7-5-4-6-8-19/h4-12,15-16,29H,1,13-14H2,2-3H3. The lowest BCUT2D eigenvalue weighted by Crippen LogP contribution is -2.07. The molecule has 0 spiro atoms. The molecule has 7 heteroatoms. The zero-order valence-electron chi connectivity index (χ0n) is 18.4. The predicted octanol–water partition coefficient (Wildman–Crippen LogP) is 5.71. The van der Waals surface area contributed by atoms with Gasteiger partial charge in [0.1, 0.15) is 17.2 Å². The normalized spacial score (nSPS) is 10.7. The molecule has 0 amide bonds. The summed E-state index contributed by atoms with van der Waals surface area (Å²) in [6, 6.07) is 18.8. The molecule has 0 aliphatic heterocycles. The highest BCUT2D eigenvalue weighted by atomic mass is 16.5. The van der Waals surface area contributed by atoms with Gasteiger partial charge in [0.2, 0.25) is 0 Å². The van der Waals surface area contributed by atoms with Gasteiger partial charge in [0.25, 0.3) is 0 Å². The molecule has 0 saturated heterocycles. The summed E-state index contributed by atoms with van der Waals surface area (Å²) in [6.45, 7) is 5.41. The molecule has 0 atom stereocenters. The van der Waals surface area contributed by atoms with E-state index in [1.54, 1.807) is 43.3 Å². The molecule has 33 heavy (non-hydrogen) atoms. The van der Waals surface area contributed by atoms with E-state index >= 15 is 0 Å². The van der Waals surface area contributed by atoms with Crippen molar-refractivity contribution in [3.05, 3.63) is 95.6 Å². The molecule has 0 saturated carbocycles. The Kier molecular flexibility index (Phi) is 7.70. The van der Waals surface area contributed by atoms with Crippen molar-refractivity contribution in [1.82, 2.24) is 0 Å². The number of benzene rings is 3. The molecule has 0 aliphatic rings. The first-order valence-corrected chi connectivity index (χ1v) is 10.2.